The molecule has 152 valence electrons. The number of sulfonamides is 1. The van der Waals surface area contributed by atoms with E-state index in [-0.39, 0.29) is 12.1 Å². The zero-order valence-electron chi connectivity index (χ0n) is 16.6. The third-order valence-electron chi connectivity index (χ3n) is 4.76. The van der Waals surface area contributed by atoms with Crippen molar-refractivity contribution in [1.29, 1.82) is 0 Å². The average Bonchev–Trinajstić information content (AvgIpc) is 3.15. The van der Waals surface area contributed by atoms with E-state index in [1.807, 2.05) is 4.57 Å². The summed E-state index contributed by atoms with van der Waals surface area (Å²) in [6, 6.07) is 1.89. The SMILES string of the molecule is CCC1c2nncn2-c2cnc(-c3ccncc3NS(C)(=O)=O)nc2N1C(C)C. The van der Waals surface area contributed by atoms with E-state index in [1.54, 1.807) is 24.8 Å². The molecular weight excluding hydrogens is 392 g/mol. The first kappa shape index (κ1) is 19.2. The molecule has 1 aliphatic heterocycles. The van der Waals surface area contributed by atoms with Crippen LogP contribution in [-0.2, 0) is 10.0 Å². The highest BCUT2D eigenvalue weighted by Crippen LogP contribution is 2.40. The number of aromatic nitrogens is 6. The van der Waals surface area contributed by atoms with Crippen LogP contribution in [0, 0.1) is 0 Å². The third-order valence-corrected chi connectivity index (χ3v) is 5.35. The van der Waals surface area contributed by atoms with Gasteiger partial charge in [0, 0.05) is 17.8 Å². The molecule has 0 radical (unpaired) electrons. The van der Waals surface area contributed by atoms with Crippen molar-refractivity contribution in [2.24, 2.45) is 0 Å². The molecule has 0 saturated carbocycles. The van der Waals surface area contributed by atoms with Crippen molar-refractivity contribution in [3.63, 3.8) is 0 Å². The van der Waals surface area contributed by atoms with Crippen molar-refractivity contribution in [3.8, 4) is 17.1 Å². The lowest BCUT2D eigenvalue weighted by Crippen LogP contribution is -2.40. The third kappa shape index (κ3) is 3.41. The van der Waals surface area contributed by atoms with Crippen molar-refractivity contribution in [2.45, 2.75) is 39.3 Å². The first-order valence-corrected chi connectivity index (χ1v) is 11.2. The fourth-order valence-corrected chi connectivity index (χ4v) is 4.20. The van der Waals surface area contributed by atoms with Crippen LogP contribution in [0.3, 0.4) is 0 Å². The molecule has 3 aromatic heterocycles. The molecule has 1 atom stereocenters. The number of anilines is 2. The first-order valence-electron chi connectivity index (χ1n) is 9.28. The molecule has 0 aliphatic carbocycles. The molecule has 1 N–H and O–H groups in total. The highest BCUT2D eigenvalue weighted by molar-refractivity contribution is 7.92. The Kier molecular flexibility index (Phi) is 4.69. The predicted molar refractivity (Wildman–Crippen MR) is 109 cm³/mol. The Labute approximate surface area is 169 Å². The number of nitrogens with one attached hydrogen (secondary N) is 1. The molecule has 0 spiro atoms. The molecule has 0 fully saturated rings. The van der Waals surface area contributed by atoms with Gasteiger partial charge in [-0.05, 0) is 26.3 Å². The predicted octanol–water partition coefficient (Wildman–Crippen LogP) is 2.17. The lowest BCUT2D eigenvalue weighted by atomic mass is 10.1. The van der Waals surface area contributed by atoms with Crippen molar-refractivity contribution >= 4 is 21.5 Å². The second-order valence-corrected chi connectivity index (χ2v) is 8.93. The summed E-state index contributed by atoms with van der Waals surface area (Å²) in [7, 11) is -3.47. The molecule has 29 heavy (non-hydrogen) atoms. The van der Waals surface area contributed by atoms with Gasteiger partial charge in [-0.25, -0.2) is 18.4 Å². The van der Waals surface area contributed by atoms with E-state index in [9.17, 15) is 8.42 Å². The lowest BCUT2D eigenvalue weighted by Gasteiger charge is -2.39. The first-order chi connectivity index (χ1) is 13.8. The summed E-state index contributed by atoms with van der Waals surface area (Å²) >= 11 is 0. The quantitative estimate of drug-likeness (QED) is 0.675. The van der Waals surface area contributed by atoms with Crippen LogP contribution in [0.5, 0.6) is 0 Å². The number of hydrogen-bond acceptors (Lipinski definition) is 8. The Morgan fingerprint density at radius 2 is 2.07 bits per heavy atom. The summed E-state index contributed by atoms with van der Waals surface area (Å²) in [5.41, 5.74) is 1.68. The molecule has 1 aliphatic rings. The smallest absolute Gasteiger partial charge is 0.229 e. The van der Waals surface area contributed by atoms with Crippen LogP contribution in [0.4, 0.5) is 11.5 Å². The maximum atomic E-state index is 11.7. The second-order valence-electron chi connectivity index (χ2n) is 7.18. The molecular formula is C18H22N8O2S. The molecule has 3 aromatic rings. The summed E-state index contributed by atoms with van der Waals surface area (Å²) in [6.07, 6.45) is 8.35. The minimum absolute atomic E-state index is 0.0267. The number of rotatable bonds is 5. The molecule has 4 heterocycles. The zero-order chi connectivity index (χ0) is 20.8. The summed E-state index contributed by atoms with van der Waals surface area (Å²) in [6.45, 7) is 6.30. The molecule has 1 unspecified atom stereocenters. The normalized spacial score (nSPS) is 15.9. The van der Waals surface area contributed by atoms with Gasteiger partial charge < -0.3 is 4.90 Å². The highest BCUT2D eigenvalue weighted by atomic mass is 32.2. The second kappa shape index (κ2) is 7.07. The monoisotopic (exact) mass is 414 g/mol. The molecule has 11 heteroatoms. The number of fused-ring (bicyclic) bond motifs is 3. The highest BCUT2D eigenvalue weighted by Gasteiger charge is 2.35. The van der Waals surface area contributed by atoms with Crippen LogP contribution in [-0.4, -0.2) is 50.4 Å². The van der Waals surface area contributed by atoms with Crippen LogP contribution in [0.25, 0.3) is 17.1 Å². The van der Waals surface area contributed by atoms with Crippen molar-refractivity contribution in [1.82, 2.24) is 29.7 Å². The van der Waals surface area contributed by atoms with Crippen LogP contribution in [0.1, 0.15) is 39.1 Å². The fraction of sp³-hybridized carbons (Fsp3) is 0.389. The topological polar surface area (TPSA) is 119 Å². The summed E-state index contributed by atoms with van der Waals surface area (Å²) in [5, 5.41) is 8.38. The molecule has 4 rings (SSSR count). The summed E-state index contributed by atoms with van der Waals surface area (Å²) in [5.74, 6) is 2.02. The van der Waals surface area contributed by atoms with Gasteiger partial charge in [-0.3, -0.25) is 14.3 Å². The molecule has 0 saturated heterocycles. The molecule has 10 nitrogen and oxygen atoms in total. The van der Waals surface area contributed by atoms with E-state index in [0.717, 1.165) is 30.0 Å². The Morgan fingerprint density at radius 1 is 1.28 bits per heavy atom. The van der Waals surface area contributed by atoms with Crippen LogP contribution in [0.15, 0.2) is 31.0 Å². The zero-order valence-corrected chi connectivity index (χ0v) is 17.4. The van der Waals surface area contributed by atoms with Gasteiger partial charge in [-0.2, -0.15) is 0 Å². The van der Waals surface area contributed by atoms with Crippen LogP contribution < -0.4 is 9.62 Å². The van der Waals surface area contributed by atoms with Gasteiger partial charge in [0.1, 0.15) is 12.0 Å². The summed E-state index contributed by atoms with van der Waals surface area (Å²) < 4.78 is 27.9. The standard InChI is InChI=1S/C18H22N8O2S/c1-5-14-18-23-21-10-25(18)15-9-20-16(22-17(15)26(14)11(2)3)12-6-7-19-8-13(12)24-29(4,27)28/h6-11,14,24H,5H2,1-4H3. The van der Waals surface area contributed by atoms with Crippen molar-refractivity contribution < 1.29 is 8.42 Å². The van der Waals surface area contributed by atoms with E-state index in [0.29, 0.717) is 17.1 Å². The van der Waals surface area contributed by atoms with Gasteiger partial charge in [0.25, 0.3) is 0 Å². The lowest BCUT2D eigenvalue weighted by molar-refractivity contribution is 0.497. The number of hydrogen-bond donors (Lipinski definition) is 1. The van der Waals surface area contributed by atoms with Gasteiger partial charge in [-0.15, -0.1) is 10.2 Å². The van der Waals surface area contributed by atoms with Crippen LogP contribution in [0.2, 0.25) is 0 Å². The van der Waals surface area contributed by atoms with Gasteiger partial charge in [0.05, 0.1) is 30.4 Å². The molecule has 0 aromatic carbocycles. The van der Waals surface area contributed by atoms with E-state index in [1.165, 1.54) is 6.20 Å². The average molecular weight is 414 g/mol. The molecule has 0 amide bonds. The Morgan fingerprint density at radius 3 is 2.76 bits per heavy atom. The fourth-order valence-electron chi connectivity index (χ4n) is 3.64. The minimum Gasteiger partial charge on any atom is -0.342 e. The largest absolute Gasteiger partial charge is 0.342 e. The maximum Gasteiger partial charge on any atom is 0.229 e. The van der Waals surface area contributed by atoms with E-state index >= 15 is 0 Å². The maximum absolute atomic E-state index is 11.7. The van der Waals surface area contributed by atoms with Gasteiger partial charge >= 0.3 is 0 Å². The Bertz CT molecular complexity index is 1160. The van der Waals surface area contributed by atoms with Gasteiger partial charge in [0.15, 0.2) is 17.5 Å². The Balaban J connectivity index is 1.90. The number of pyridine rings is 1. The summed E-state index contributed by atoms with van der Waals surface area (Å²) in [4.78, 5) is 15.6. The Hall–Kier alpha value is -3.08. The van der Waals surface area contributed by atoms with E-state index in [2.05, 4.69) is 50.6 Å². The van der Waals surface area contributed by atoms with E-state index < -0.39 is 10.0 Å². The van der Waals surface area contributed by atoms with Gasteiger partial charge in [0.2, 0.25) is 10.0 Å². The van der Waals surface area contributed by atoms with Gasteiger partial charge in [-0.1, -0.05) is 6.92 Å². The van der Waals surface area contributed by atoms with Crippen molar-refractivity contribution in [3.05, 3.63) is 36.8 Å². The van der Waals surface area contributed by atoms with Crippen LogP contribution >= 0.6 is 0 Å². The molecule has 0 bridgehead atoms. The van der Waals surface area contributed by atoms with E-state index in [4.69, 9.17) is 4.98 Å². The van der Waals surface area contributed by atoms with Crippen molar-refractivity contribution in [2.75, 3.05) is 15.9 Å². The number of nitrogens with zero attached hydrogens (tertiary/aromatic N) is 7. The minimum atomic E-state index is -3.47.